The molecular formula is C23H30N2O3. The Morgan fingerprint density at radius 1 is 1.11 bits per heavy atom. The topological polar surface area (TPSA) is 57.7 Å². The zero-order valence-corrected chi connectivity index (χ0v) is 17.2. The summed E-state index contributed by atoms with van der Waals surface area (Å²) in [4.78, 5) is 42.3. The van der Waals surface area contributed by atoms with E-state index in [9.17, 15) is 14.4 Å². The minimum absolute atomic E-state index is 0.162. The van der Waals surface area contributed by atoms with Gasteiger partial charge in [-0.2, -0.15) is 0 Å². The van der Waals surface area contributed by atoms with Crippen LogP contribution in [0.25, 0.3) is 0 Å². The van der Waals surface area contributed by atoms with Crippen LogP contribution in [0.1, 0.15) is 44.2 Å². The van der Waals surface area contributed by atoms with Crippen LogP contribution in [0.3, 0.4) is 0 Å². The van der Waals surface area contributed by atoms with Crippen LogP contribution in [0.2, 0.25) is 0 Å². The highest BCUT2D eigenvalue weighted by Gasteiger charge is 2.51. The average Bonchev–Trinajstić information content (AvgIpc) is 2.92. The third-order valence-corrected chi connectivity index (χ3v) is 5.88. The van der Waals surface area contributed by atoms with Crippen molar-refractivity contribution in [3.63, 3.8) is 0 Å². The third-order valence-electron chi connectivity index (χ3n) is 5.88. The van der Waals surface area contributed by atoms with Gasteiger partial charge in [-0.3, -0.25) is 19.3 Å². The number of hydrogen-bond donors (Lipinski definition) is 0. The molecule has 1 aromatic carbocycles. The van der Waals surface area contributed by atoms with Crippen LogP contribution in [0.15, 0.2) is 36.4 Å². The highest BCUT2D eigenvalue weighted by atomic mass is 16.2. The first-order valence-corrected chi connectivity index (χ1v) is 10.1. The molecule has 1 saturated heterocycles. The van der Waals surface area contributed by atoms with Crippen molar-refractivity contribution in [3.05, 3.63) is 47.5 Å². The molecule has 1 heterocycles. The summed E-state index contributed by atoms with van der Waals surface area (Å²) in [5.74, 6) is -0.930. The number of likely N-dealkylation sites (tertiary alicyclic amines) is 1. The Balaban J connectivity index is 1.83. The molecule has 150 valence electrons. The maximum atomic E-state index is 13.3. The number of allylic oxidation sites excluding steroid dienone is 2. The van der Waals surface area contributed by atoms with E-state index in [1.54, 1.807) is 11.9 Å². The van der Waals surface area contributed by atoms with Gasteiger partial charge in [0, 0.05) is 13.6 Å². The second kappa shape index (κ2) is 8.29. The molecule has 5 heteroatoms. The molecule has 0 saturated carbocycles. The summed E-state index contributed by atoms with van der Waals surface area (Å²) in [6.45, 7) is 6.51. The first-order valence-electron chi connectivity index (χ1n) is 10.1. The van der Waals surface area contributed by atoms with Crippen LogP contribution in [0.5, 0.6) is 0 Å². The van der Waals surface area contributed by atoms with Crippen LogP contribution < -0.4 is 0 Å². The molecule has 1 fully saturated rings. The Labute approximate surface area is 167 Å². The molecular weight excluding hydrogens is 352 g/mol. The molecule has 1 aliphatic carbocycles. The van der Waals surface area contributed by atoms with Crippen molar-refractivity contribution in [2.45, 2.75) is 52.6 Å². The van der Waals surface area contributed by atoms with Gasteiger partial charge in [0.2, 0.25) is 17.7 Å². The fraction of sp³-hybridized carbons (Fsp3) is 0.522. The maximum Gasteiger partial charge on any atom is 0.245 e. The monoisotopic (exact) mass is 382 g/mol. The number of nitrogens with zero attached hydrogens (tertiary/aromatic N) is 2. The van der Waals surface area contributed by atoms with E-state index in [2.05, 4.69) is 0 Å². The average molecular weight is 383 g/mol. The summed E-state index contributed by atoms with van der Waals surface area (Å²) in [6.07, 6.45) is 5.61. The molecule has 0 N–H and O–H groups in total. The molecule has 3 atom stereocenters. The van der Waals surface area contributed by atoms with Gasteiger partial charge in [0.05, 0.1) is 11.8 Å². The van der Waals surface area contributed by atoms with Gasteiger partial charge < -0.3 is 4.90 Å². The summed E-state index contributed by atoms with van der Waals surface area (Å²) >= 11 is 0. The molecule has 0 aromatic heterocycles. The lowest BCUT2D eigenvalue weighted by Gasteiger charge is -2.31. The molecule has 2 aliphatic rings. The smallest absolute Gasteiger partial charge is 0.245 e. The Hall–Kier alpha value is -2.43. The maximum absolute atomic E-state index is 13.3. The molecule has 0 radical (unpaired) electrons. The largest absolute Gasteiger partial charge is 0.340 e. The van der Waals surface area contributed by atoms with E-state index >= 15 is 0 Å². The van der Waals surface area contributed by atoms with Gasteiger partial charge in [0.25, 0.3) is 0 Å². The van der Waals surface area contributed by atoms with Crippen molar-refractivity contribution in [1.82, 2.24) is 9.80 Å². The second-order valence-corrected chi connectivity index (χ2v) is 8.47. The van der Waals surface area contributed by atoms with Gasteiger partial charge in [0.1, 0.15) is 6.04 Å². The van der Waals surface area contributed by atoms with Crippen LogP contribution in [-0.4, -0.2) is 40.6 Å². The number of aryl methyl sites for hydroxylation is 1. The van der Waals surface area contributed by atoms with Crippen LogP contribution >= 0.6 is 0 Å². The molecule has 1 aliphatic heterocycles. The van der Waals surface area contributed by atoms with Crippen molar-refractivity contribution < 1.29 is 14.4 Å². The zero-order chi connectivity index (χ0) is 20.4. The summed E-state index contributed by atoms with van der Waals surface area (Å²) in [7, 11) is 1.75. The van der Waals surface area contributed by atoms with Crippen LogP contribution in [0, 0.1) is 24.7 Å². The second-order valence-electron chi connectivity index (χ2n) is 8.47. The summed E-state index contributed by atoms with van der Waals surface area (Å²) in [5.41, 5.74) is 2.19. The van der Waals surface area contributed by atoms with E-state index < -0.39 is 6.04 Å². The molecule has 0 bridgehead atoms. The molecule has 3 rings (SSSR count). The van der Waals surface area contributed by atoms with E-state index in [0.29, 0.717) is 25.8 Å². The van der Waals surface area contributed by atoms with Gasteiger partial charge in [-0.05, 0) is 43.2 Å². The van der Waals surface area contributed by atoms with Crippen molar-refractivity contribution in [2.24, 2.45) is 17.8 Å². The third kappa shape index (κ3) is 3.89. The van der Waals surface area contributed by atoms with Gasteiger partial charge in [-0.15, -0.1) is 0 Å². The quantitative estimate of drug-likeness (QED) is 0.560. The van der Waals surface area contributed by atoms with Crippen molar-refractivity contribution in [1.29, 1.82) is 0 Å². The lowest BCUT2D eigenvalue weighted by Crippen LogP contribution is -2.51. The van der Waals surface area contributed by atoms with E-state index in [0.717, 1.165) is 11.1 Å². The highest BCUT2D eigenvalue weighted by molar-refractivity contribution is 6.08. The van der Waals surface area contributed by atoms with Gasteiger partial charge in [-0.25, -0.2) is 0 Å². The van der Waals surface area contributed by atoms with Gasteiger partial charge in [-0.1, -0.05) is 50.3 Å². The Kier molecular flexibility index (Phi) is 6.01. The first-order chi connectivity index (χ1) is 13.3. The Morgan fingerprint density at radius 2 is 1.68 bits per heavy atom. The SMILES string of the molecule is Cc1ccccc1CN(C)C(=O)C(CC(C)C)N1C(=O)C2CC=CCC2C1=O. The van der Waals surface area contributed by atoms with Gasteiger partial charge >= 0.3 is 0 Å². The molecule has 5 nitrogen and oxygen atoms in total. The standard InChI is InChI=1S/C23H30N2O3/c1-15(2)13-20(23(28)24(4)14-17-10-6-5-9-16(17)3)25-21(26)18-11-7-8-12-19(18)22(25)27/h5-10,15,18-20H,11-14H2,1-4H3. The fourth-order valence-electron chi connectivity index (χ4n) is 4.27. The normalized spacial score (nSPS) is 22.5. The number of amides is 3. The molecule has 3 amide bonds. The highest BCUT2D eigenvalue weighted by Crippen LogP contribution is 2.37. The number of carbonyl (C=O) groups excluding carboxylic acids is 3. The molecule has 28 heavy (non-hydrogen) atoms. The molecule has 3 unspecified atom stereocenters. The van der Waals surface area contributed by atoms with E-state index in [-0.39, 0.29) is 35.5 Å². The number of carbonyl (C=O) groups is 3. The number of hydrogen-bond acceptors (Lipinski definition) is 3. The predicted octanol–water partition coefficient (Wildman–Crippen LogP) is 3.32. The van der Waals surface area contributed by atoms with E-state index in [1.165, 1.54) is 4.90 Å². The Morgan fingerprint density at radius 3 is 2.21 bits per heavy atom. The zero-order valence-electron chi connectivity index (χ0n) is 17.2. The number of fused-ring (bicyclic) bond motifs is 1. The lowest BCUT2D eigenvalue weighted by atomic mass is 9.85. The minimum atomic E-state index is -0.723. The fourth-order valence-corrected chi connectivity index (χ4v) is 4.27. The summed E-state index contributed by atoms with van der Waals surface area (Å²) < 4.78 is 0. The first kappa shape index (κ1) is 20.3. The lowest BCUT2D eigenvalue weighted by molar-refractivity contribution is -0.152. The van der Waals surface area contributed by atoms with Crippen molar-refractivity contribution in [2.75, 3.05) is 7.05 Å². The predicted molar refractivity (Wildman–Crippen MR) is 108 cm³/mol. The number of likely N-dealkylation sites (N-methyl/N-ethyl adjacent to an activating group) is 1. The van der Waals surface area contributed by atoms with E-state index in [1.807, 2.05) is 57.2 Å². The molecule has 0 spiro atoms. The van der Waals surface area contributed by atoms with Crippen LogP contribution in [-0.2, 0) is 20.9 Å². The Bertz CT molecular complexity index is 773. The summed E-state index contributed by atoms with van der Waals surface area (Å²) in [6, 6.07) is 7.23. The summed E-state index contributed by atoms with van der Waals surface area (Å²) in [5, 5.41) is 0. The number of benzene rings is 1. The number of rotatable bonds is 6. The molecule has 1 aromatic rings. The van der Waals surface area contributed by atoms with Crippen molar-refractivity contribution in [3.8, 4) is 0 Å². The van der Waals surface area contributed by atoms with Gasteiger partial charge in [0.15, 0.2) is 0 Å². The van der Waals surface area contributed by atoms with E-state index in [4.69, 9.17) is 0 Å². The number of imide groups is 1. The van der Waals surface area contributed by atoms with Crippen LogP contribution in [0.4, 0.5) is 0 Å². The minimum Gasteiger partial charge on any atom is -0.340 e. The van der Waals surface area contributed by atoms with Crippen molar-refractivity contribution >= 4 is 17.7 Å².